The van der Waals surface area contributed by atoms with Crippen molar-refractivity contribution in [2.24, 2.45) is 5.73 Å². The minimum Gasteiger partial charge on any atom is -0.404 e. The number of sulfonamides is 1. The van der Waals surface area contributed by atoms with Gasteiger partial charge in [-0.15, -0.1) is 25.6 Å². The normalized spacial score (nSPS) is 13.7. The fraction of sp³-hybridized carbons (Fsp3) is 0.455. The number of rotatable bonds is 5. The van der Waals surface area contributed by atoms with E-state index in [2.05, 4.69) is 4.74 Å². The highest BCUT2D eigenvalue weighted by Gasteiger charge is 2.35. The molecule has 0 aliphatic rings. The number of ether oxygens (including phenoxy) is 1. The Bertz CT molecular complexity index is 566. The fourth-order valence-electron chi connectivity index (χ4n) is 1.41. The van der Waals surface area contributed by atoms with E-state index in [4.69, 9.17) is 5.73 Å². The second-order valence-corrected chi connectivity index (χ2v) is 6.07. The molecule has 10 heteroatoms. The lowest BCUT2D eigenvalue weighted by atomic mass is 10.3. The maximum Gasteiger partial charge on any atom is 0.573 e. The number of hydrogen-bond donors (Lipinski definition) is 1. The maximum atomic E-state index is 12.3. The average molecular weight is 349 g/mol. The Labute approximate surface area is 127 Å². The van der Waals surface area contributed by atoms with Crippen LogP contribution in [0.3, 0.4) is 0 Å². The van der Waals surface area contributed by atoms with Crippen LogP contribution in [0.1, 0.15) is 6.92 Å². The summed E-state index contributed by atoms with van der Waals surface area (Å²) in [4.78, 5) is -0.555. The molecule has 0 spiro atoms. The molecule has 0 fully saturated rings. The van der Waals surface area contributed by atoms with Gasteiger partial charge in [-0.3, -0.25) is 0 Å². The Kier molecular flexibility index (Phi) is 6.94. The lowest BCUT2D eigenvalue weighted by molar-refractivity contribution is -0.275. The van der Waals surface area contributed by atoms with E-state index in [1.54, 1.807) is 6.92 Å². The first-order valence-electron chi connectivity index (χ1n) is 5.62. The lowest BCUT2D eigenvalue weighted by Gasteiger charge is -2.24. The third-order valence-corrected chi connectivity index (χ3v) is 4.70. The molecule has 0 saturated heterocycles. The van der Waals surface area contributed by atoms with Crippen molar-refractivity contribution in [2.45, 2.75) is 24.2 Å². The predicted octanol–water partition coefficient (Wildman–Crippen LogP) is 1.97. The van der Waals surface area contributed by atoms with Crippen LogP contribution in [0.15, 0.2) is 29.2 Å². The number of likely N-dealkylation sites (N-methyl/N-ethyl adjacent to an activating group) is 1. The third kappa shape index (κ3) is 5.03. The average Bonchev–Trinajstić information content (AvgIpc) is 2.35. The monoisotopic (exact) mass is 348 g/mol. The topological polar surface area (TPSA) is 72.6 Å². The van der Waals surface area contributed by atoms with Gasteiger partial charge in [0, 0.05) is 19.6 Å². The number of nitrogens with zero attached hydrogens (tertiary/aromatic N) is 1. The van der Waals surface area contributed by atoms with Crippen LogP contribution in [-0.2, 0) is 10.0 Å². The van der Waals surface area contributed by atoms with Gasteiger partial charge in [0.05, 0.1) is 0 Å². The van der Waals surface area contributed by atoms with Gasteiger partial charge in [0.25, 0.3) is 0 Å². The highest BCUT2D eigenvalue weighted by atomic mass is 35.5. The summed E-state index contributed by atoms with van der Waals surface area (Å²) in [6, 6.07) is 4.01. The van der Waals surface area contributed by atoms with Crippen molar-refractivity contribution >= 4 is 22.4 Å². The summed E-state index contributed by atoms with van der Waals surface area (Å²) in [5.41, 5.74) is 5.37. The van der Waals surface area contributed by atoms with E-state index in [0.29, 0.717) is 0 Å². The predicted molar refractivity (Wildman–Crippen MR) is 73.8 cm³/mol. The molecule has 0 aliphatic heterocycles. The minimum absolute atomic E-state index is 0. The van der Waals surface area contributed by atoms with E-state index in [9.17, 15) is 21.6 Å². The van der Waals surface area contributed by atoms with Crippen LogP contribution in [0.25, 0.3) is 0 Å². The van der Waals surface area contributed by atoms with Gasteiger partial charge in [-0.1, -0.05) is 12.1 Å². The van der Waals surface area contributed by atoms with Gasteiger partial charge in [0.1, 0.15) is 10.6 Å². The van der Waals surface area contributed by atoms with E-state index >= 15 is 0 Å². The summed E-state index contributed by atoms with van der Waals surface area (Å²) in [6.07, 6.45) is -4.97. The smallest absolute Gasteiger partial charge is 0.404 e. The third-order valence-electron chi connectivity index (χ3n) is 2.69. The van der Waals surface area contributed by atoms with Gasteiger partial charge in [-0.2, -0.15) is 4.31 Å². The van der Waals surface area contributed by atoms with Gasteiger partial charge in [-0.25, -0.2) is 8.42 Å². The Hall–Kier alpha value is -1.03. The van der Waals surface area contributed by atoms with E-state index in [1.807, 2.05) is 0 Å². The van der Waals surface area contributed by atoms with Crippen LogP contribution >= 0.6 is 12.4 Å². The SMILES string of the molecule is CC(CN)N(C)S(=O)(=O)c1ccccc1OC(F)(F)F.Cl. The molecule has 1 atom stereocenters. The molecule has 1 rings (SSSR count). The van der Waals surface area contributed by atoms with Crippen molar-refractivity contribution in [1.82, 2.24) is 4.31 Å². The van der Waals surface area contributed by atoms with Crippen LogP contribution in [0.5, 0.6) is 5.75 Å². The van der Waals surface area contributed by atoms with E-state index < -0.39 is 33.1 Å². The summed E-state index contributed by atoms with van der Waals surface area (Å²) in [5.74, 6) is -0.768. The maximum absolute atomic E-state index is 12.3. The van der Waals surface area contributed by atoms with Gasteiger partial charge in [0.2, 0.25) is 10.0 Å². The molecular formula is C11H16ClF3N2O3S. The Morgan fingerprint density at radius 2 is 1.86 bits per heavy atom. The summed E-state index contributed by atoms with van der Waals surface area (Å²) in [5, 5.41) is 0. The van der Waals surface area contributed by atoms with Crippen molar-refractivity contribution in [2.75, 3.05) is 13.6 Å². The molecule has 0 saturated carbocycles. The van der Waals surface area contributed by atoms with Gasteiger partial charge in [-0.05, 0) is 19.1 Å². The van der Waals surface area contributed by atoms with Crippen molar-refractivity contribution in [1.29, 1.82) is 0 Å². The van der Waals surface area contributed by atoms with Crippen molar-refractivity contribution in [3.8, 4) is 5.75 Å². The van der Waals surface area contributed by atoms with Gasteiger partial charge < -0.3 is 10.5 Å². The molecule has 1 aromatic carbocycles. The fourth-order valence-corrected chi connectivity index (χ4v) is 2.90. The van der Waals surface area contributed by atoms with Crippen LogP contribution in [0, 0.1) is 0 Å². The molecule has 0 amide bonds. The number of hydrogen-bond acceptors (Lipinski definition) is 4. The number of nitrogens with two attached hydrogens (primary N) is 1. The van der Waals surface area contributed by atoms with Crippen LogP contribution in [-0.4, -0.2) is 38.7 Å². The number of alkyl halides is 3. The zero-order valence-corrected chi connectivity index (χ0v) is 12.9. The van der Waals surface area contributed by atoms with Crippen molar-refractivity contribution in [3.05, 3.63) is 24.3 Å². The molecule has 0 aromatic heterocycles. The lowest BCUT2D eigenvalue weighted by Crippen LogP contribution is -2.39. The molecule has 1 unspecified atom stereocenters. The van der Waals surface area contributed by atoms with E-state index in [0.717, 1.165) is 16.4 Å². The summed E-state index contributed by atoms with van der Waals surface area (Å²) >= 11 is 0. The molecule has 0 heterocycles. The van der Waals surface area contributed by atoms with Crippen molar-refractivity contribution < 1.29 is 26.3 Å². The highest BCUT2D eigenvalue weighted by Crippen LogP contribution is 2.31. The number of para-hydroxylation sites is 1. The first-order valence-corrected chi connectivity index (χ1v) is 7.06. The molecule has 0 radical (unpaired) electrons. The summed E-state index contributed by atoms with van der Waals surface area (Å²) < 4.78 is 66.0. The largest absolute Gasteiger partial charge is 0.573 e. The summed E-state index contributed by atoms with van der Waals surface area (Å²) in [7, 11) is -2.88. The minimum atomic E-state index is -4.97. The highest BCUT2D eigenvalue weighted by molar-refractivity contribution is 7.89. The van der Waals surface area contributed by atoms with E-state index in [1.165, 1.54) is 19.2 Å². The molecule has 21 heavy (non-hydrogen) atoms. The van der Waals surface area contributed by atoms with Gasteiger partial charge >= 0.3 is 6.36 Å². The van der Waals surface area contributed by atoms with Gasteiger partial charge in [0.15, 0.2) is 0 Å². The standard InChI is InChI=1S/C11H15F3N2O3S.ClH/c1-8(7-15)16(2)20(17,18)10-6-4-3-5-9(10)19-11(12,13)14;/h3-6,8H,7,15H2,1-2H3;1H. The van der Waals surface area contributed by atoms with Crippen LogP contribution < -0.4 is 10.5 Å². The molecule has 5 nitrogen and oxygen atoms in total. The first kappa shape index (κ1) is 20.0. The quantitative estimate of drug-likeness (QED) is 0.883. The Morgan fingerprint density at radius 3 is 2.33 bits per heavy atom. The molecule has 122 valence electrons. The zero-order valence-electron chi connectivity index (χ0n) is 11.3. The Balaban J connectivity index is 0.00000400. The van der Waals surface area contributed by atoms with E-state index in [-0.39, 0.29) is 19.0 Å². The second kappa shape index (κ2) is 7.30. The molecule has 2 N–H and O–H groups in total. The summed E-state index contributed by atoms with van der Waals surface area (Å²) in [6.45, 7) is 1.59. The van der Waals surface area contributed by atoms with Crippen molar-refractivity contribution in [3.63, 3.8) is 0 Å². The van der Waals surface area contributed by atoms with Crippen LogP contribution in [0.2, 0.25) is 0 Å². The van der Waals surface area contributed by atoms with Crippen LogP contribution in [0.4, 0.5) is 13.2 Å². The number of halogens is 4. The second-order valence-electron chi connectivity index (χ2n) is 4.10. The molecule has 0 bridgehead atoms. The molecule has 1 aromatic rings. The molecular weight excluding hydrogens is 333 g/mol. The number of benzene rings is 1. The first-order chi connectivity index (χ1) is 9.09. The zero-order chi connectivity index (χ0) is 15.6. The Morgan fingerprint density at radius 1 is 1.33 bits per heavy atom. The molecule has 0 aliphatic carbocycles.